The van der Waals surface area contributed by atoms with Crippen LogP contribution in [0.15, 0.2) is 52.3 Å². The lowest BCUT2D eigenvalue weighted by molar-refractivity contribution is -0.121. The van der Waals surface area contributed by atoms with Crippen molar-refractivity contribution < 1.29 is 9.53 Å². The summed E-state index contributed by atoms with van der Waals surface area (Å²) in [5.41, 5.74) is 0.730. The molecule has 1 saturated heterocycles. The third kappa shape index (κ3) is 5.07. The van der Waals surface area contributed by atoms with Gasteiger partial charge >= 0.3 is 0 Å². The van der Waals surface area contributed by atoms with Crippen LogP contribution < -0.4 is 15.4 Å². The van der Waals surface area contributed by atoms with E-state index in [0.717, 1.165) is 34.3 Å². The number of methoxy groups -OCH3 is 1. The Morgan fingerprint density at radius 1 is 1.27 bits per heavy atom. The van der Waals surface area contributed by atoms with Crippen molar-refractivity contribution in [1.82, 2.24) is 5.32 Å². The molecule has 1 aliphatic rings. The number of hydrogen-bond donors (Lipinski definition) is 2. The Balaban J connectivity index is 0.00000243. The molecule has 26 heavy (non-hydrogen) atoms. The summed E-state index contributed by atoms with van der Waals surface area (Å²) in [6.45, 7) is 3.79. The van der Waals surface area contributed by atoms with Crippen LogP contribution in [0.4, 0.5) is 5.69 Å². The Kier molecular flexibility index (Phi) is 7.65. The number of anilines is 1. The van der Waals surface area contributed by atoms with Crippen molar-refractivity contribution in [3.8, 4) is 5.75 Å². The molecule has 0 spiro atoms. The molecule has 0 aliphatic carbocycles. The first-order valence-corrected chi connectivity index (χ1v) is 9.39. The summed E-state index contributed by atoms with van der Waals surface area (Å²) in [5, 5.41) is 6.78. The van der Waals surface area contributed by atoms with Crippen molar-refractivity contribution in [3.63, 3.8) is 0 Å². The lowest BCUT2D eigenvalue weighted by Crippen LogP contribution is -2.48. The molecular formula is C19H22Cl2N2O2S. The standard InChI is InChI=1S/C19H21ClN2O2S.ClH/c1-12(13-10-21-11-13)19(23)22-14-3-8-18(17(20)9-14)25-16-6-4-15(24-2)5-7-16;/h3-9,12-13,21H,10-11H2,1-2H3,(H,22,23);1H. The van der Waals surface area contributed by atoms with E-state index in [0.29, 0.717) is 10.9 Å². The predicted molar refractivity (Wildman–Crippen MR) is 110 cm³/mol. The molecular weight excluding hydrogens is 391 g/mol. The van der Waals surface area contributed by atoms with E-state index in [2.05, 4.69) is 10.6 Å². The summed E-state index contributed by atoms with van der Waals surface area (Å²) in [7, 11) is 1.65. The zero-order valence-electron chi connectivity index (χ0n) is 14.6. The van der Waals surface area contributed by atoms with Gasteiger partial charge in [-0.15, -0.1) is 12.4 Å². The quantitative estimate of drug-likeness (QED) is 0.720. The smallest absolute Gasteiger partial charge is 0.227 e. The number of ether oxygens (including phenoxy) is 1. The molecule has 1 atom stereocenters. The van der Waals surface area contributed by atoms with Crippen molar-refractivity contribution in [2.45, 2.75) is 16.7 Å². The van der Waals surface area contributed by atoms with Gasteiger partial charge in [0, 0.05) is 21.4 Å². The van der Waals surface area contributed by atoms with E-state index in [1.807, 2.05) is 43.3 Å². The average molecular weight is 413 g/mol. The SMILES string of the molecule is COc1ccc(Sc2ccc(NC(=O)C(C)C3CNC3)cc2Cl)cc1.Cl. The molecule has 140 valence electrons. The van der Waals surface area contributed by atoms with Crippen molar-refractivity contribution in [2.75, 3.05) is 25.5 Å². The number of hydrogen-bond acceptors (Lipinski definition) is 4. The van der Waals surface area contributed by atoms with Crippen molar-refractivity contribution in [1.29, 1.82) is 0 Å². The largest absolute Gasteiger partial charge is 0.497 e. The predicted octanol–water partition coefficient (Wildman–Crippen LogP) is 4.72. The number of carbonyl (C=O) groups is 1. The van der Waals surface area contributed by atoms with E-state index in [1.165, 1.54) is 0 Å². The lowest BCUT2D eigenvalue weighted by atomic mass is 9.88. The number of amides is 1. The van der Waals surface area contributed by atoms with E-state index < -0.39 is 0 Å². The maximum Gasteiger partial charge on any atom is 0.227 e. The maximum absolute atomic E-state index is 12.3. The van der Waals surface area contributed by atoms with Gasteiger partial charge in [-0.2, -0.15) is 0 Å². The molecule has 1 amide bonds. The van der Waals surface area contributed by atoms with Crippen LogP contribution in [0.25, 0.3) is 0 Å². The topological polar surface area (TPSA) is 50.4 Å². The van der Waals surface area contributed by atoms with Crippen LogP contribution in [-0.2, 0) is 4.79 Å². The van der Waals surface area contributed by atoms with Gasteiger partial charge < -0.3 is 15.4 Å². The van der Waals surface area contributed by atoms with Crippen LogP contribution in [0, 0.1) is 11.8 Å². The van der Waals surface area contributed by atoms with Gasteiger partial charge in [-0.25, -0.2) is 0 Å². The summed E-state index contributed by atoms with van der Waals surface area (Å²) < 4.78 is 5.16. The van der Waals surface area contributed by atoms with Gasteiger partial charge in [-0.3, -0.25) is 4.79 Å². The van der Waals surface area contributed by atoms with Crippen LogP contribution >= 0.6 is 35.8 Å². The Morgan fingerprint density at radius 2 is 1.96 bits per heavy atom. The number of benzene rings is 2. The highest BCUT2D eigenvalue weighted by Crippen LogP contribution is 2.35. The van der Waals surface area contributed by atoms with Gasteiger partial charge in [0.2, 0.25) is 5.91 Å². The van der Waals surface area contributed by atoms with Gasteiger partial charge in [0.25, 0.3) is 0 Å². The van der Waals surface area contributed by atoms with Crippen LogP contribution in [0.5, 0.6) is 5.75 Å². The fourth-order valence-electron chi connectivity index (χ4n) is 2.57. The molecule has 4 nitrogen and oxygen atoms in total. The normalized spacial score (nSPS) is 14.7. The third-order valence-electron chi connectivity index (χ3n) is 4.42. The Labute approximate surface area is 169 Å². The van der Waals surface area contributed by atoms with E-state index in [9.17, 15) is 4.79 Å². The Hall–Kier alpha value is -1.40. The zero-order valence-corrected chi connectivity index (χ0v) is 17.0. The van der Waals surface area contributed by atoms with Crippen LogP contribution in [0.2, 0.25) is 5.02 Å². The molecule has 0 radical (unpaired) electrons. The highest BCUT2D eigenvalue weighted by Gasteiger charge is 2.28. The summed E-state index contributed by atoms with van der Waals surface area (Å²) in [6, 6.07) is 13.4. The average Bonchev–Trinajstić information content (AvgIpc) is 2.56. The fourth-order valence-corrected chi connectivity index (χ4v) is 3.68. The van der Waals surface area contributed by atoms with E-state index in [-0.39, 0.29) is 24.2 Å². The summed E-state index contributed by atoms with van der Waals surface area (Å²) in [5.74, 6) is 1.27. The number of halogens is 2. The fraction of sp³-hybridized carbons (Fsp3) is 0.316. The maximum atomic E-state index is 12.3. The van der Waals surface area contributed by atoms with E-state index in [4.69, 9.17) is 16.3 Å². The second-order valence-corrected chi connectivity index (χ2v) is 7.64. The van der Waals surface area contributed by atoms with Gasteiger partial charge in [0.05, 0.1) is 12.1 Å². The van der Waals surface area contributed by atoms with Crippen LogP contribution in [0.3, 0.4) is 0 Å². The second kappa shape index (κ2) is 9.51. The van der Waals surface area contributed by atoms with Crippen molar-refractivity contribution in [2.24, 2.45) is 11.8 Å². The summed E-state index contributed by atoms with van der Waals surface area (Å²) in [6.07, 6.45) is 0. The minimum atomic E-state index is -0.00613. The minimum Gasteiger partial charge on any atom is -0.497 e. The molecule has 0 bridgehead atoms. The molecule has 0 aromatic heterocycles. The number of carbonyl (C=O) groups excluding carboxylic acids is 1. The zero-order chi connectivity index (χ0) is 17.8. The highest BCUT2D eigenvalue weighted by atomic mass is 35.5. The molecule has 2 aromatic carbocycles. The Bertz CT molecular complexity index is 752. The van der Waals surface area contributed by atoms with Gasteiger partial charge in [0.15, 0.2) is 0 Å². The van der Waals surface area contributed by atoms with E-state index in [1.54, 1.807) is 24.9 Å². The first kappa shape index (κ1) is 20.9. The van der Waals surface area contributed by atoms with E-state index >= 15 is 0 Å². The third-order valence-corrected chi connectivity index (χ3v) is 5.93. The molecule has 0 saturated carbocycles. The van der Waals surface area contributed by atoms with Crippen LogP contribution in [0.1, 0.15) is 6.92 Å². The summed E-state index contributed by atoms with van der Waals surface area (Å²) >= 11 is 7.97. The Morgan fingerprint density at radius 3 is 2.50 bits per heavy atom. The molecule has 1 heterocycles. The molecule has 2 N–H and O–H groups in total. The number of rotatable bonds is 6. The van der Waals surface area contributed by atoms with Crippen LogP contribution in [-0.4, -0.2) is 26.1 Å². The van der Waals surface area contributed by atoms with Crippen molar-refractivity contribution in [3.05, 3.63) is 47.5 Å². The number of nitrogens with one attached hydrogen (secondary N) is 2. The summed E-state index contributed by atoms with van der Waals surface area (Å²) in [4.78, 5) is 14.3. The highest BCUT2D eigenvalue weighted by molar-refractivity contribution is 7.99. The molecule has 1 unspecified atom stereocenters. The molecule has 3 rings (SSSR count). The van der Waals surface area contributed by atoms with Gasteiger partial charge in [0.1, 0.15) is 5.75 Å². The first-order chi connectivity index (χ1) is 12.1. The first-order valence-electron chi connectivity index (χ1n) is 8.20. The molecule has 1 fully saturated rings. The monoisotopic (exact) mass is 412 g/mol. The molecule has 7 heteroatoms. The molecule has 1 aliphatic heterocycles. The lowest BCUT2D eigenvalue weighted by Gasteiger charge is -2.31. The van der Waals surface area contributed by atoms with Gasteiger partial charge in [-0.1, -0.05) is 30.3 Å². The molecule has 2 aromatic rings. The van der Waals surface area contributed by atoms with Crippen molar-refractivity contribution >= 4 is 47.4 Å². The second-order valence-electron chi connectivity index (χ2n) is 6.12. The minimum absolute atomic E-state index is 0. The van der Waals surface area contributed by atoms with Gasteiger partial charge in [-0.05, 0) is 61.5 Å².